The van der Waals surface area contributed by atoms with Gasteiger partial charge < -0.3 is 9.64 Å². The smallest absolute Gasteiger partial charge is 0.312 e. The number of hydrogen-bond donors (Lipinski definition) is 0. The first kappa shape index (κ1) is 17.9. The second-order valence-corrected chi connectivity index (χ2v) is 8.50. The van der Waals surface area contributed by atoms with Crippen molar-refractivity contribution in [3.8, 4) is 0 Å². The number of rotatable bonds is 5. The highest BCUT2D eigenvalue weighted by Gasteiger charge is 2.55. The molecule has 4 fully saturated rings. The molecule has 144 valence electrons. The maximum absolute atomic E-state index is 12.8. The van der Waals surface area contributed by atoms with Gasteiger partial charge in [0.15, 0.2) is 6.61 Å². The lowest BCUT2D eigenvalue weighted by Crippen LogP contribution is -2.51. The van der Waals surface area contributed by atoms with Crippen LogP contribution in [0.4, 0.5) is 11.4 Å². The molecular weight excluding hydrogens is 348 g/mol. The number of ether oxygens (including phenoxy) is 1. The molecular formula is C20H24N2O5. The number of nitro benzene ring substituents is 1. The van der Waals surface area contributed by atoms with E-state index < -0.39 is 4.92 Å². The topological polar surface area (TPSA) is 89.8 Å². The van der Waals surface area contributed by atoms with Gasteiger partial charge in [-0.3, -0.25) is 19.7 Å². The van der Waals surface area contributed by atoms with Crippen molar-refractivity contribution in [2.45, 2.75) is 38.5 Å². The predicted octanol–water partition coefficient (Wildman–Crippen LogP) is 3.32. The number of non-ortho nitro benzene ring substituents is 1. The second-order valence-electron chi connectivity index (χ2n) is 8.50. The minimum atomic E-state index is -0.487. The summed E-state index contributed by atoms with van der Waals surface area (Å²) in [5.74, 6) is 1.36. The van der Waals surface area contributed by atoms with Crippen molar-refractivity contribution in [2.24, 2.45) is 23.2 Å². The Morgan fingerprint density at radius 3 is 2.11 bits per heavy atom. The molecule has 4 saturated carbocycles. The van der Waals surface area contributed by atoms with Gasteiger partial charge in [0.05, 0.1) is 10.3 Å². The number of nitrogens with zero attached hydrogens (tertiary/aromatic N) is 2. The Balaban J connectivity index is 1.36. The molecule has 1 aromatic rings. The van der Waals surface area contributed by atoms with Crippen molar-refractivity contribution in [3.63, 3.8) is 0 Å². The van der Waals surface area contributed by atoms with E-state index in [1.165, 1.54) is 48.4 Å². The number of carbonyl (C=O) groups excluding carboxylic acids is 2. The van der Waals surface area contributed by atoms with Crippen LogP contribution < -0.4 is 4.90 Å². The quantitative estimate of drug-likeness (QED) is 0.449. The lowest BCUT2D eigenvalue weighted by atomic mass is 9.49. The minimum absolute atomic E-state index is 0.0344. The molecule has 1 amide bonds. The minimum Gasteiger partial charge on any atom is -0.455 e. The van der Waals surface area contributed by atoms with Crippen LogP contribution in [0, 0.1) is 33.3 Å². The molecule has 0 unspecified atom stereocenters. The number of esters is 1. The van der Waals surface area contributed by atoms with Gasteiger partial charge in [0.2, 0.25) is 0 Å². The number of amides is 1. The van der Waals surface area contributed by atoms with Crippen molar-refractivity contribution in [1.82, 2.24) is 0 Å². The van der Waals surface area contributed by atoms with Gasteiger partial charge in [-0.15, -0.1) is 0 Å². The van der Waals surface area contributed by atoms with Crippen molar-refractivity contribution < 1.29 is 19.2 Å². The fourth-order valence-electron chi connectivity index (χ4n) is 5.68. The number of benzene rings is 1. The summed E-state index contributed by atoms with van der Waals surface area (Å²) in [6.07, 6.45) is 6.45. The van der Waals surface area contributed by atoms with E-state index in [0.29, 0.717) is 23.4 Å². The summed E-state index contributed by atoms with van der Waals surface area (Å²) in [4.78, 5) is 36.8. The van der Waals surface area contributed by atoms with Crippen LogP contribution in [0.3, 0.4) is 0 Å². The fourth-order valence-corrected chi connectivity index (χ4v) is 5.68. The van der Waals surface area contributed by atoms with E-state index in [1.807, 2.05) is 0 Å². The molecule has 4 aliphatic carbocycles. The van der Waals surface area contributed by atoms with E-state index in [2.05, 4.69) is 0 Å². The lowest BCUT2D eigenvalue weighted by molar-refractivity contribution is -0.384. The number of likely N-dealkylation sites (N-methyl/N-ethyl adjacent to an activating group) is 1. The predicted molar refractivity (Wildman–Crippen MR) is 98.1 cm³/mol. The van der Waals surface area contributed by atoms with Crippen LogP contribution in [0.1, 0.15) is 38.5 Å². The molecule has 7 nitrogen and oxygen atoms in total. The molecule has 0 heterocycles. The van der Waals surface area contributed by atoms with Crippen LogP contribution in [0.5, 0.6) is 0 Å². The van der Waals surface area contributed by atoms with E-state index in [0.717, 1.165) is 19.3 Å². The maximum Gasteiger partial charge on any atom is 0.312 e. The van der Waals surface area contributed by atoms with Crippen LogP contribution in [-0.2, 0) is 14.3 Å². The Labute approximate surface area is 157 Å². The molecule has 5 rings (SSSR count). The van der Waals surface area contributed by atoms with E-state index in [9.17, 15) is 19.7 Å². The maximum atomic E-state index is 12.8. The summed E-state index contributed by atoms with van der Waals surface area (Å²) in [5.41, 5.74) is 0.116. The first-order valence-electron chi connectivity index (χ1n) is 9.54. The van der Waals surface area contributed by atoms with Crippen molar-refractivity contribution in [2.75, 3.05) is 18.6 Å². The Morgan fingerprint density at radius 1 is 1.11 bits per heavy atom. The highest BCUT2D eigenvalue weighted by molar-refractivity contribution is 5.95. The van der Waals surface area contributed by atoms with E-state index in [4.69, 9.17) is 4.74 Å². The molecule has 0 radical (unpaired) electrons. The molecule has 0 atom stereocenters. The fraction of sp³-hybridized carbons (Fsp3) is 0.600. The highest BCUT2D eigenvalue weighted by Crippen LogP contribution is 2.60. The third-order valence-corrected chi connectivity index (χ3v) is 6.62. The van der Waals surface area contributed by atoms with Gasteiger partial charge in [-0.05, 0) is 68.4 Å². The van der Waals surface area contributed by atoms with Gasteiger partial charge in [-0.25, -0.2) is 0 Å². The van der Waals surface area contributed by atoms with Crippen LogP contribution in [0.25, 0.3) is 0 Å². The zero-order valence-electron chi connectivity index (χ0n) is 15.4. The highest BCUT2D eigenvalue weighted by atomic mass is 16.6. The van der Waals surface area contributed by atoms with Crippen LogP contribution in [0.15, 0.2) is 24.3 Å². The van der Waals surface area contributed by atoms with Crippen molar-refractivity contribution in [3.05, 3.63) is 34.4 Å². The van der Waals surface area contributed by atoms with Crippen molar-refractivity contribution >= 4 is 23.3 Å². The average Bonchev–Trinajstić information content (AvgIpc) is 2.64. The molecule has 27 heavy (non-hydrogen) atoms. The van der Waals surface area contributed by atoms with Crippen molar-refractivity contribution in [1.29, 1.82) is 0 Å². The molecule has 7 heteroatoms. The molecule has 0 aromatic heterocycles. The van der Waals surface area contributed by atoms with E-state index >= 15 is 0 Å². The van der Waals surface area contributed by atoms with Crippen LogP contribution in [0.2, 0.25) is 0 Å². The molecule has 0 saturated heterocycles. The van der Waals surface area contributed by atoms with Gasteiger partial charge in [0.25, 0.3) is 11.6 Å². The normalized spacial score (nSPS) is 30.8. The van der Waals surface area contributed by atoms with E-state index in [-0.39, 0.29) is 29.6 Å². The molecule has 0 N–H and O–H groups in total. The summed E-state index contributed by atoms with van der Waals surface area (Å²) in [5, 5.41) is 10.7. The standard InChI is InChI=1S/C20H24N2O5/c1-21(16-2-4-17(5-3-16)22(25)26)18(23)12-27-19(24)20-9-13-6-14(10-20)8-15(7-13)11-20/h2-5,13-15H,6-12H2,1H3. The summed E-state index contributed by atoms with van der Waals surface area (Å²) >= 11 is 0. The van der Waals surface area contributed by atoms with Gasteiger partial charge in [-0.2, -0.15) is 0 Å². The number of nitro groups is 1. The summed E-state index contributed by atoms with van der Waals surface area (Å²) in [7, 11) is 1.57. The molecule has 1 aromatic carbocycles. The Kier molecular flexibility index (Phi) is 4.40. The third-order valence-electron chi connectivity index (χ3n) is 6.62. The lowest BCUT2D eigenvalue weighted by Gasteiger charge is -2.55. The molecule has 4 bridgehead atoms. The third kappa shape index (κ3) is 3.31. The number of carbonyl (C=O) groups is 2. The number of hydrogen-bond acceptors (Lipinski definition) is 5. The first-order valence-corrected chi connectivity index (χ1v) is 9.54. The largest absolute Gasteiger partial charge is 0.455 e. The zero-order chi connectivity index (χ0) is 19.2. The van der Waals surface area contributed by atoms with Gasteiger partial charge in [-0.1, -0.05) is 0 Å². The van der Waals surface area contributed by atoms with Gasteiger partial charge >= 0.3 is 5.97 Å². The first-order chi connectivity index (χ1) is 12.9. The van der Waals surface area contributed by atoms with Crippen LogP contribution in [-0.4, -0.2) is 30.5 Å². The molecule has 4 aliphatic rings. The van der Waals surface area contributed by atoms with E-state index in [1.54, 1.807) is 7.05 Å². The zero-order valence-corrected chi connectivity index (χ0v) is 15.4. The Hall–Kier alpha value is -2.44. The summed E-state index contributed by atoms with van der Waals surface area (Å²) in [6, 6.07) is 5.72. The summed E-state index contributed by atoms with van der Waals surface area (Å²) < 4.78 is 5.45. The van der Waals surface area contributed by atoms with Gasteiger partial charge in [0.1, 0.15) is 0 Å². The monoisotopic (exact) mass is 372 g/mol. The molecule has 0 spiro atoms. The van der Waals surface area contributed by atoms with Gasteiger partial charge in [0, 0.05) is 24.9 Å². The summed E-state index contributed by atoms with van der Waals surface area (Å²) in [6.45, 7) is -0.298. The Morgan fingerprint density at radius 2 is 1.63 bits per heavy atom. The Bertz CT molecular complexity index is 738. The van der Waals surface area contributed by atoms with Crippen LogP contribution >= 0.6 is 0 Å². The second kappa shape index (κ2) is 6.62. The average molecular weight is 372 g/mol. The molecule has 0 aliphatic heterocycles. The SMILES string of the molecule is CN(C(=O)COC(=O)C12CC3CC(CC(C3)C1)C2)c1ccc([N+](=O)[O-])cc1. The number of anilines is 1.